The van der Waals surface area contributed by atoms with Crippen molar-refractivity contribution in [1.82, 2.24) is 0 Å². The number of benzene rings is 2. The number of nitrogens with zero attached hydrogens (tertiary/aromatic N) is 1. The normalized spacial score (nSPS) is 18.5. The molecule has 168 valence electrons. The van der Waals surface area contributed by atoms with Crippen molar-refractivity contribution in [2.75, 3.05) is 11.1 Å². The van der Waals surface area contributed by atoms with Gasteiger partial charge < -0.3 is 11.1 Å². The van der Waals surface area contributed by atoms with E-state index in [1.807, 2.05) is 24.3 Å². The molecule has 0 radical (unpaired) electrons. The van der Waals surface area contributed by atoms with Gasteiger partial charge in [0.2, 0.25) is 6.41 Å². The molecule has 0 bridgehead atoms. The minimum Gasteiger partial charge on any atom is -0.379 e. The Balaban J connectivity index is 0.000000233. The third-order valence-electron chi connectivity index (χ3n) is 4.99. The summed E-state index contributed by atoms with van der Waals surface area (Å²) in [5.41, 5.74) is 6.95. The Hall–Kier alpha value is -2.55. The minimum atomic E-state index is -4.47. The van der Waals surface area contributed by atoms with E-state index in [1.165, 1.54) is 0 Å². The average molecular weight is 456 g/mol. The molecule has 1 aliphatic rings. The number of nitrogens with two attached hydrogens (primary N) is 1. The van der Waals surface area contributed by atoms with Gasteiger partial charge in [0.05, 0.1) is 11.1 Å². The highest BCUT2D eigenvalue weighted by Gasteiger charge is 2.33. The maximum absolute atomic E-state index is 12.6. The molecule has 1 unspecified atom stereocenters. The Bertz CT molecular complexity index is 933. The van der Waals surface area contributed by atoms with Gasteiger partial charge in [-0.1, -0.05) is 37.7 Å². The largest absolute Gasteiger partial charge is 0.416 e. The van der Waals surface area contributed by atoms with Gasteiger partial charge in [-0.3, -0.25) is 9.79 Å². The first kappa shape index (κ1) is 24.7. The summed E-state index contributed by atoms with van der Waals surface area (Å²) in [6, 6.07) is 10.4. The molecule has 2 aromatic rings. The zero-order valence-electron chi connectivity index (χ0n) is 17.3. The molecule has 4 nitrogen and oxygen atoms in total. The van der Waals surface area contributed by atoms with E-state index < -0.39 is 17.6 Å². The second kappa shape index (κ2) is 10.7. The number of rotatable bonds is 5. The van der Waals surface area contributed by atoms with Gasteiger partial charge in [-0.25, -0.2) is 4.39 Å². The first-order chi connectivity index (χ1) is 14.6. The zero-order chi connectivity index (χ0) is 23.1. The summed E-state index contributed by atoms with van der Waals surface area (Å²) in [5, 5.41) is 3.32. The molecular formula is C22H25F4N3OS. The molecule has 0 fully saturated rings. The first-order valence-corrected chi connectivity index (χ1v) is 10.8. The fourth-order valence-corrected chi connectivity index (χ4v) is 4.17. The van der Waals surface area contributed by atoms with Crippen LogP contribution in [0.25, 0.3) is 0 Å². The third-order valence-corrected chi connectivity index (χ3v) is 5.79. The molecule has 3 N–H and O–H groups in total. The molecule has 1 atom stereocenters. The maximum Gasteiger partial charge on any atom is 0.416 e. The van der Waals surface area contributed by atoms with E-state index in [-0.39, 0.29) is 5.54 Å². The lowest BCUT2D eigenvalue weighted by Gasteiger charge is -2.33. The third kappa shape index (κ3) is 6.72. The zero-order valence-corrected chi connectivity index (χ0v) is 18.1. The lowest BCUT2D eigenvalue weighted by molar-refractivity contribution is -0.137. The number of nitrogens with one attached hydrogen (secondary N) is 1. The van der Waals surface area contributed by atoms with Gasteiger partial charge in [0.25, 0.3) is 0 Å². The van der Waals surface area contributed by atoms with Crippen molar-refractivity contribution in [2.45, 2.75) is 44.8 Å². The SMILES string of the molecule is CCC1(c2cccc(NC=O)c2)CCSC(N)=N1.CCc1cc(F)cc(C(F)(F)F)c1. The lowest BCUT2D eigenvalue weighted by Crippen LogP contribution is -2.31. The van der Waals surface area contributed by atoms with Crippen LogP contribution in [0.4, 0.5) is 23.2 Å². The Morgan fingerprint density at radius 1 is 1.23 bits per heavy atom. The number of hydrogen-bond acceptors (Lipinski definition) is 4. The highest BCUT2D eigenvalue weighted by atomic mass is 32.2. The quantitative estimate of drug-likeness (QED) is 0.448. The first-order valence-electron chi connectivity index (χ1n) is 9.79. The summed E-state index contributed by atoms with van der Waals surface area (Å²) in [5.74, 6) is 0.140. The Morgan fingerprint density at radius 3 is 2.55 bits per heavy atom. The van der Waals surface area contributed by atoms with Crippen LogP contribution in [0.15, 0.2) is 47.5 Å². The van der Waals surface area contributed by atoms with Gasteiger partial charge in [0, 0.05) is 11.4 Å². The van der Waals surface area contributed by atoms with Gasteiger partial charge in [-0.15, -0.1) is 0 Å². The van der Waals surface area contributed by atoms with Crippen LogP contribution in [-0.2, 0) is 22.9 Å². The maximum atomic E-state index is 12.6. The summed E-state index contributed by atoms with van der Waals surface area (Å²) in [4.78, 5) is 15.1. The number of amidine groups is 1. The van der Waals surface area contributed by atoms with E-state index in [4.69, 9.17) is 5.73 Å². The number of aliphatic imine (C=N–C) groups is 1. The summed E-state index contributed by atoms with van der Waals surface area (Å²) >= 11 is 1.60. The summed E-state index contributed by atoms with van der Waals surface area (Å²) < 4.78 is 49.0. The Labute approximate surface area is 183 Å². The molecule has 31 heavy (non-hydrogen) atoms. The van der Waals surface area contributed by atoms with Gasteiger partial charge in [0.1, 0.15) is 5.82 Å². The molecule has 0 saturated heterocycles. The van der Waals surface area contributed by atoms with Crippen LogP contribution in [-0.4, -0.2) is 17.3 Å². The van der Waals surface area contributed by atoms with Crippen molar-refractivity contribution >= 4 is 29.0 Å². The number of thioether (sulfide) groups is 1. The molecule has 9 heteroatoms. The topological polar surface area (TPSA) is 67.5 Å². The predicted molar refractivity (Wildman–Crippen MR) is 118 cm³/mol. The van der Waals surface area contributed by atoms with Crippen molar-refractivity contribution in [1.29, 1.82) is 0 Å². The van der Waals surface area contributed by atoms with E-state index >= 15 is 0 Å². The molecule has 0 saturated carbocycles. The summed E-state index contributed by atoms with van der Waals surface area (Å²) in [7, 11) is 0. The number of hydrogen-bond donors (Lipinski definition) is 2. The van der Waals surface area contributed by atoms with Crippen molar-refractivity contribution in [2.24, 2.45) is 10.7 Å². The van der Waals surface area contributed by atoms with Crippen LogP contribution in [0.5, 0.6) is 0 Å². The molecule has 3 rings (SSSR count). The second-order valence-corrected chi connectivity index (χ2v) is 8.09. The minimum absolute atomic E-state index is 0.240. The van der Waals surface area contributed by atoms with Gasteiger partial charge >= 0.3 is 6.18 Å². The van der Waals surface area contributed by atoms with E-state index in [0.717, 1.165) is 42.0 Å². The number of halogens is 4. The Kier molecular flexibility index (Phi) is 8.50. The molecule has 1 amide bonds. The van der Waals surface area contributed by atoms with Gasteiger partial charge in [-0.2, -0.15) is 13.2 Å². The number of aryl methyl sites for hydroxylation is 1. The number of anilines is 1. The van der Waals surface area contributed by atoms with Gasteiger partial charge in [0.15, 0.2) is 5.17 Å². The highest BCUT2D eigenvalue weighted by Crippen LogP contribution is 2.39. The van der Waals surface area contributed by atoms with Crippen molar-refractivity contribution < 1.29 is 22.4 Å². The molecule has 2 aromatic carbocycles. The van der Waals surface area contributed by atoms with E-state index in [2.05, 4.69) is 17.2 Å². The number of carbonyl (C=O) groups is 1. The predicted octanol–water partition coefficient (Wildman–Crippen LogP) is 5.72. The molecular weight excluding hydrogens is 430 g/mol. The van der Waals surface area contributed by atoms with Crippen molar-refractivity contribution in [3.8, 4) is 0 Å². The smallest absolute Gasteiger partial charge is 0.379 e. The molecule has 0 aromatic heterocycles. The lowest BCUT2D eigenvalue weighted by atomic mass is 9.85. The molecule has 0 spiro atoms. The van der Waals surface area contributed by atoms with Crippen LogP contribution >= 0.6 is 11.8 Å². The number of amides is 1. The highest BCUT2D eigenvalue weighted by molar-refractivity contribution is 8.13. The summed E-state index contributed by atoms with van der Waals surface area (Å²) in [6.07, 6.45) is -1.52. The van der Waals surface area contributed by atoms with E-state index in [1.54, 1.807) is 18.7 Å². The fourth-order valence-electron chi connectivity index (χ4n) is 3.28. The van der Waals surface area contributed by atoms with Crippen LogP contribution in [0, 0.1) is 5.82 Å². The van der Waals surface area contributed by atoms with E-state index in [0.29, 0.717) is 29.6 Å². The Morgan fingerprint density at radius 2 is 1.97 bits per heavy atom. The molecule has 1 heterocycles. The number of alkyl halides is 3. The molecule has 1 aliphatic heterocycles. The standard InChI is InChI=1S/C13H17N3OS.C9H8F4/c1-2-13(6-7-18-12(14)16-13)10-4-3-5-11(8-10)15-9-17;1-2-6-3-7(9(11,12)13)5-8(10)4-6/h3-5,8-9H,2,6-7H2,1H3,(H2,14,16)(H,15,17);3-5H,2H2,1H3. The van der Waals surface area contributed by atoms with Crippen LogP contribution in [0.2, 0.25) is 0 Å². The summed E-state index contributed by atoms with van der Waals surface area (Å²) in [6.45, 7) is 3.79. The molecule has 0 aliphatic carbocycles. The fraction of sp³-hybridized carbons (Fsp3) is 0.364. The van der Waals surface area contributed by atoms with E-state index in [9.17, 15) is 22.4 Å². The number of carbonyl (C=O) groups excluding carboxylic acids is 1. The second-order valence-electron chi connectivity index (χ2n) is 6.98. The van der Waals surface area contributed by atoms with Crippen molar-refractivity contribution in [3.63, 3.8) is 0 Å². The van der Waals surface area contributed by atoms with Crippen LogP contribution in [0.1, 0.15) is 43.4 Å². The average Bonchev–Trinajstić information content (AvgIpc) is 2.73. The van der Waals surface area contributed by atoms with Crippen molar-refractivity contribution in [3.05, 3.63) is 65.0 Å². The monoisotopic (exact) mass is 455 g/mol. The van der Waals surface area contributed by atoms with Crippen LogP contribution in [0.3, 0.4) is 0 Å². The van der Waals surface area contributed by atoms with Gasteiger partial charge in [-0.05, 0) is 60.7 Å². The van der Waals surface area contributed by atoms with Crippen LogP contribution < -0.4 is 11.1 Å².